The minimum atomic E-state index is -1.37. The molecule has 1 aliphatic carbocycles. The summed E-state index contributed by atoms with van der Waals surface area (Å²) in [5.74, 6) is -1.51. The van der Waals surface area contributed by atoms with Gasteiger partial charge in [-0.2, -0.15) is 0 Å². The zero-order valence-corrected chi connectivity index (χ0v) is 9.78. The van der Waals surface area contributed by atoms with E-state index in [1.54, 1.807) is 36.4 Å². The molecular formula is C13H11ClO3. The number of aliphatic carboxylic acids is 1. The zero-order chi connectivity index (χ0) is 12.5. The van der Waals surface area contributed by atoms with Gasteiger partial charge in [-0.1, -0.05) is 35.9 Å². The van der Waals surface area contributed by atoms with Gasteiger partial charge in [-0.25, -0.2) is 0 Å². The van der Waals surface area contributed by atoms with Crippen LogP contribution in [0.1, 0.15) is 23.2 Å². The molecule has 0 spiro atoms. The van der Waals surface area contributed by atoms with Gasteiger partial charge in [-0.15, -0.1) is 0 Å². The fourth-order valence-electron chi connectivity index (χ4n) is 2.01. The van der Waals surface area contributed by atoms with Gasteiger partial charge in [0.25, 0.3) is 0 Å². The van der Waals surface area contributed by atoms with Crippen molar-refractivity contribution in [2.24, 2.45) is 5.41 Å². The molecule has 1 aromatic rings. The normalized spacial score (nSPS) is 17.0. The van der Waals surface area contributed by atoms with Crippen molar-refractivity contribution in [1.82, 2.24) is 0 Å². The van der Waals surface area contributed by atoms with Crippen LogP contribution in [0.5, 0.6) is 0 Å². The number of carboxylic acids is 1. The number of hydrogen-bond acceptors (Lipinski definition) is 2. The third-order valence-electron chi connectivity index (χ3n) is 3.06. The summed E-state index contributed by atoms with van der Waals surface area (Å²) in [6, 6.07) is 6.54. The van der Waals surface area contributed by atoms with Gasteiger partial charge in [0.1, 0.15) is 5.41 Å². The molecular weight excluding hydrogens is 240 g/mol. The fourth-order valence-corrected chi connectivity index (χ4v) is 2.23. The van der Waals surface area contributed by atoms with Gasteiger partial charge in [0, 0.05) is 5.56 Å². The number of allylic oxidation sites excluding steroid dienone is 2. The minimum Gasteiger partial charge on any atom is -0.480 e. The van der Waals surface area contributed by atoms with Crippen LogP contribution in [0.15, 0.2) is 36.4 Å². The predicted molar refractivity (Wildman–Crippen MR) is 64.2 cm³/mol. The summed E-state index contributed by atoms with van der Waals surface area (Å²) in [6.07, 6.45) is 3.91. The highest BCUT2D eigenvalue weighted by molar-refractivity contribution is 6.34. The summed E-state index contributed by atoms with van der Waals surface area (Å²) in [5, 5.41) is 9.58. The number of Topliss-reactive ketones (excluding diaryl/α,β-unsaturated/α-hetero) is 1. The molecule has 0 unspecified atom stereocenters. The first-order valence-electron chi connectivity index (χ1n) is 5.26. The number of rotatable bonds is 3. The maximum Gasteiger partial charge on any atom is 0.318 e. The first-order chi connectivity index (χ1) is 8.08. The van der Waals surface area contributed by atoms with Crippen molar-refractivity contribution in [3.63, 3.8) is 0 Å². The van der Waals surface area contributed by atoms with Crippen molar-refractivity contribution < 1.29 is 14.7 Å². The molecule has 1 aliphatic rings. The summed E-state index contributed by atoms with van der Waals surface area (Å²) < 4.78 is 0. The maximum absolute atomic E-state index is 12.3. The topological polar surface area (TPSA) is 54.4 Å². The van der Waals surface area contributed by atoms with Crippen LogP contribution < -0.4 is 0 Å². The van der Waals surface area contributed by atoms with E-state index in [1.807, 2.05) is 0 Å². The average Bonchev–Trinajstić information content (AvgIpc) is 2.79. The van der Waals surface area contributed by atoms with E-state index in [4.69, 9.17) is 11.6 Å². The van der Waals surface area contributed by atoms with E-state index in [-0.39, 0.29) is 18.4 Å². The molecule has 0 atom stereocenters. The summed E-state index contributed by atoms with van der Waals surface area (Å²) in [5.41, 5.74) is -1.09. The van der Waals surface area contributed by atoms with Crippen molar-refractivity contribution in [2.75, 3.05) is 0 Å². The van der Waals surface area contributed by atoms with Crippen LogP contribution in [0.2, 0.25) is 5.02 Å². The molecule has 0 heterocycles. The van der Waals surface area contributed by atoms with Gasteiger partial charge in [0.2, 0.25) is 0 Å². The van der Waals surface area contributed by atoms with E-state index < -0.39 is 17.2 Å². The Morgan fingerprint density at radius 2 is 1.76 bits per heavy atom. The van der Waals surface area contributed by atoms with Crippen LogP contribution in [0.4, 0.5) is 0 Å². The van der Waals surface area contributed by atoms with Crippen LogP contribution in [-0.4, -0.2) is 16.9 Å². The number of carboxylic acid groups (broad SMARTS) is 1. The fraction of sp³-hybridized carbons (Fsp3) is 0.231. The Labute approximate surface area is 104 Å². The number of halogens is 1. The minimum absolute atomic E-state index is 0.229. The monoisotopic (exact) mass is 250 g/mol. The Bertz CT molecular complexity index is 497. The molecule has 17 heavy (non-hydrogen) atoms. The Kier molecular flexibility index (Phi) is 3.03. The lowest BCUT2D eigenvalue weighted by molar-refractivity contribution is -0.145. The summed E-state index contributed by atoms with van der Waals surface area (Å²) in [4.78, 5) is 23.7. The van der Waals surface area contributed by atoms with E-state index in [0.29, 0.717) is 5.02 Å². The molecule has 0 amide bonds. The molecule has 0 saturated heterocycles. The van der Waals surface area contributed by atoms with Gasteiger partial charge in [-0.05, 0) is 25.0 Å². The molecule has 0 fully saturated rings. The maximum atomic E-state index is 12.3. The van der Waals surface area contributed by atoms with E-state index >= 15 is 0 Å². The molecule has 0 aliphatic heterocycles. The van der Waals surface area contributed by atoms with Crippen LogP contribution in [-0.2, 0) is 4.79 Å². The zero-order valence-electron chi connectivity index (χ0n) is 9.02. The second kappa shape index (κ2) is 4.34. The average molecular weight is 251 g/mol. The summed E-state index contributed by atoms with van der Waals surface area (Å²) >= 11 is 5.93. The Morgan fingerprint density at radius 1 is 1.18 bits per heavy atom. The SMILES string of the molecule is O=C(O)C1(C(=O)c2ccccc2Cl)CC=CC1. The van der Waals surface area contributed by atoms with Crippen molar-refractivity contribution in [2.45, 2.75) is 12.8 Å². The van der Waals surface area contributed by atoms with Gasteiger partial charge in [0.15, 0.2) is 5.78 Å². The lowest BCUT2D eigenvalue weighted by Gasteiger charge is -2.22. The lowest BCUT2D eigenvalue weighted by Crippen LogP contribution is -2.37. The number of carbonyl (C=O) groups excluding carboxylic acids is 1. The molecule has 4 heteroatoms. The molecule has 1 N–H and O–H groups in total. The van der Waals surface area contributed by atoms with Crippen molar-refractivity contribution in [3.8, 4) is 0 Å². The molecule has 0 bridgehead atoms. The highest BCUT2D eigenvalue weighted by Gasteiger charge is 2.46. The first-order valence-corrected chi connectivity index (χ1v) is 5.63. The molecule has 0 aromatic heterocycles. The highest BCUT2D eigenvalue weighted by Crippen LogP contribution is 2.38. The van der Waals surface area contributed by atoms with E-state index in [0.717, 1.165) is 0 Å². The quantitative estimate of drug-likeness (QED) is 0.510. The van der Waals surface area contributed by atoms with Crippen LogP contribution in [0.3, 0.4) is 0 Å². The van der Waals surface area contributed by atoms with Gasteiger partial charge >= 0.3 is 5.97 Å². The summed E-state index contributed by atoms with van der Waals surface area (Å²) in [7, 11) is 0. The van der Waals surface area contributed by atoms with Crippen molar-refractivity contribution >= 4 is 23.4 Å². The predicted octanol–water partition coefficient (Wildman–Crippen LogP) is 2.94. The number of ketones is 1. The van der Waals surface area contributed by atoms with E-state index in [1.165, 1.54) is 0 Å². The van der Waals surface area contributed by atoms with Gasteiger partial charge < -0.3 is 5.11 Å². The van der Waals surface area contributed by atoms with E-state index in [9.17, 15) is 14.7 Å². The third kappa shape index (κ3) is 1.87. The molecule has 2 rings (SSSR count). The van der Waals surface area contributed by atoms with Crippen LogP contribution in [0.25, 0.3) is 0 Å². The van der Waals surface area contributed by atoms with Crippen molar-refractivity contribution in [3.05, 3.63) is 47.0 Å². The molecule has 0 saturated carbocycles. The third-order valence-corrected chi connectivity index (χ3v) is 3.39. The second-order valence-corrected chi connectivity index (χ2v) is 4.48. The summed E-state index contributed by atoms with van der Waals surface area (Å²) in [6.45, 7) is 0. The molecule has 0 radical (unpaired) electrons. The van der Waals surface area contributed by atoms with Crippen LogP contribution in [0, 0.1) is 5.41 Å². The molecule has 3 nitrogen and oxygen atoms in total. The van der Waals surface area contributed by atoms with Gasteiger partial charge in [0.05, 0.1) is 5.02 Å². The highest BCUT2D eigenvalue weighted by atomic mass is 35.5. The largest absolute Gasteiger partial charge is 0.480 e. The second-order valence-electron chi connectivity index (χ2n) is 4.08. The van der Waals surface area contributed by atoms with E-state index in [2.05, 4.69) is 0 Å². The lowest BCUT2D eigenvalue weighted by atomic mass is 9.78. The Morgan fingerprint density at radius 3 is 2.29 bits per heavy atom. The first kappa shape index (κ1) is 11.9. The standard InChI is InChI=1S/C13H11ClO3/c14-10-6-2-1-5-9(10)11(15)13(12(16)17)7-3-4-8-13/h1-6H,7-8H2,(H,16,17). The molecule has 1 aromatic carbocycles. The number of carbonyl (C=O) groups is 2. The van der Waals surface area contributed by atoms with Crippen LogP contribution >= 0.6 is 11.6 Å². The Balaban J connectivity index is 2.43. The smallest absolute Gasteiger partial charge is 0.318 e. The van der Waals surface area contributed by atoms with Crippen molar-refractivity contribution in [1.29, 1.82) is 0 Å². The van der Waals surface area contributed by atoms with Gasteiger partial charge in [-0.3, -0.25) is 9.59 Å². The number of hydrogen-bond donors (Lipinski definition) is 1. The molecule has 88 valence electrons. The Hall–Kier alpha value is -1.61. The number of benzene rings is 1.